The highest BCUT2D eigenvalue weighted by atomic mass is 79.9. The second kappa shape index (κ2) is 6.88. The lowest BCUT2D eigenvalue weighted by Crippen LogP contribution is -2.07. The number of benzene rings is 1. The molecule has 4 nitrogen and oxygen atoms in total. The van der Waals surface area contributed by atoms with Gasteiger partial charge in [-0.05, 0) is 41.1 Å². The van der Waals surface area contributed by atoms with Crippen molar-refractivity contribution >= 4 is 32.7 Å². The fourth-order valence-corrected chi connectivity index (χ4v) is 2.60. The summed E-state index contributed by atoms with van der Waals surface area (Å²) in [5.74, 6) is -0.672. The number of carboxylic acid groups (broad SMARTS) is 1. The van der Waals surface area contributed by atoms with E-state index in [1.54, 1.807) is 12.1 Å². The van der Waals surface area contributed by atoms with Crippen LogP contribution in [0.2, 0.25) is 0 Å². The molecule has 94 valence electrons. The van der Waals surface area contributed by atoms with Crippen LogP contribution in [0.1, 0.15) is 17.3 Å². The molecule has 1 rings (SSSR count). The maximum atomic E-state index is 11.8. The molecule has 0 bridgehead atoms. The zero-order valence-electron chi connectivity index (χ0n) is 9.31. The Labute approximate surface area is 111 Å². The van der Waals surface area contributed by atoms with E-state index >= 15 is 0 Å². The number of carboxylic acids is 1. The second-order valence-corrected chi connectivity index (χ2v) is 5.62. The van der Waals surface area contributed by atoms with E-state index in [1.165, 1.54) is 6.07 Å². The van der Waals surface area contributed by atoms with Gasteiger partial charge in [-0.1, -0.05) is 0 Å². The lowest BCUT2D eigenvalue weighted by molar-refractivity contribution is 0.0695. The first-order valence-corrected chi connectivity index (χ1v) is 7.16. The summed E-state index contributed by atoms with van der Waals surface area (Å²) in [5, 5.41) is 8.93. The van der Waals surface area contributed by atoms with Gasteiger partial charge in [0.05, 0.1) is 28.7 Å². The van der Waals surface area contributed by atoms with Gasteiger partial charge in [-0.15, -0.1) is 0 Å². The molecule has 0 aliphatic rings. The first-order valence-electron chi connectivity index (χ1n) is 5.05. The topological polar surface area (TPSA) is 63.6 Å². The van der Waals surface area contributed by atoms with Crippen LogP contribution in [-0.4, -0.2) is 34.3 Å². The summed E-state index contributed by atoms with van der Waals surface area (Å²) in [5.41, 5.74) is 0.118. The van der Waals surface area contributed by atoms with Crippen LogP contribution < -0.4 is 0 Å². The van der Waals surface area contributed by atoms with Crippen LogP contribution in [-0.2, 0) is 15.5 Å². The summed E-state index contributed by atoms with van der Waals surface area (Å²) in [6, 6.07) is 4.67. The van der Waals surface area contributed by atoms with E-state index in [2.05, 4.69) is 15.9 Å². The van der Waals surface area contributed by atoms with Gasteiger partial charge in [0.2, 0.25) is 0 Å². The predicted molar refractivity (Wildman–Crippen MR) is 68.9 cm³/mol. The van der Waals surface area contributed by atoms with Crippen LogP contribution in [0.25, 0.3) is 0 Å². The first kappa shape index (κ1) is 14.3. The van der Waals surface area contributed by atoms with Crippen molar-refractivity contribution in [2.24, 2.45) is 0 Å². The molecule has 17 heavy (non-hydrogen) atoms. The lowest BCUT2D eigenvalue weighted by atomic mass is 10.2. The molecular formula is C11H13BrO4S. The van der Waals surface area contributed by atoms with Crippen LogP contribution in [0, 0.1) is 0 Å². The Bertz CT molecular complexity index is 433. The standard InChI is InChI=1S/C11H13BrO4S/c1-2-16-5-6-17(15)8-3-4-10(12)9(7-8)11(13)14/h3-4,7H,2,5-6H2,1H3,(H,13,14). The van der Waals surface area contributed by atoms with Crippen LogP contribution in [0.3, 0.4) is 0 Å². The molecule has 1 atom stereocenters. The Morgan fingerprint density at radius 1 is 1.53 bits per heavy atom. The quantitative estimate of drug-likeness (QED) is 0.817. The zero-order chi connectivity index (χ0) is 12.8. The van der Waals surface area contributed by atoms with Crippen LogP contribution in [0.5, 0.6) is 0 Å². The van der Waals surface area contributed by atoms with Crippen molar-refractivity contribution in [3.63, 3.8) is 0 Å². The van der Waals surface area contributed by atoms with Crippen LogP contribution >= 0.6 is 15.9 Å². The van der Waals surface area contributed by atoms with Crippen molar-refractivity contribution in [3.05, 3.63) is 28.2 Å². The zero-order valence-corrected chi connectivity index (χ0v) is 11.7. The molecule has 0 saturated heterocycles. The minimum absolute atomic E-state index is 0.118. The summed E-state index contributed by atoms with van der Waals surface area (Å²) >= 11 is 3.14. The summed E-state index contributed by atoms with van der Waals surface area (Å²) in [6.45, 7) is 2.85. The molecule has 0 amide bonds. The third-order valence-corrected chi connectivity index (χ3v) is 4.06. The predicted octanol–water partition coefficient (Wildman–Crippen LogP) is 2.29. The molecule has 1 N–H and O–H groups in total. The molecule has 0 saturated carbocycles. The molecule has 1 aromatic carbocycles. The molecule has 0 heterocycles. The Morgan fingerprint density at radius 2 is 2.24 bits per heavy atom. The van der Waals surface area contributed by atoms with Gasteiger partial charge < -0.3 is 9.84 Å². The van der Waals surface area contributed by atoms with Gasteiger partial charge >= 0.3 is 5.97 Å². The Morgan fingerprint density at radius 3 is 2.82 bits per heavy atom. The molecule has 1 aromatic rings. The molecule has 1 unspecified atom stereocenters. The van der Waals surface area contributed by atoms with E-state index in [0.29, 0.717) is 28.3 Å². The molecule has 0 spiro atoms. The van der Waals surface area contributed by atoms with Crippen LogP contribution in [0.4, 0.5) is 0 Å². The summed E-state index contributed by atoms with van der Waals surface area (Å²) in [4.78, 5) is 11.4. The van der Waals surface area contributed by atoms with Crippen molar-refractivity contribution in [3.8, 4) is 0 Å². The highest BCUT2D eigenvalue weighted by Crippen LogP contribution is 2.20. The third-order valence-electron chi connectivity index (χ3n) is 2.05. The van der Waals surface area contributed by atoms with Gasteiger partial charge in [0.1, 0.15) is 0 Å². The van der Waals surface area contributed by atoms with Gasteiger partial charge in [-0.25, -0.2) is 4.79 Å². The van der Waals surface area contributed by atoms with Crippen molar-refractivity contribution in [1.82, 2.24) is 0 Å². The average Bonchev–Trinajstić information content (AvgIpc) is 2.29. The number of halogens is 1. The lowest BCUT2D eigenvalue weighted by Gasteiger charge is -2.05. The molecular weight excluding hydrogens is 308 g/mol. The number of carbonyl (C=O) groups is 1. The monoisotopic (exact) mass is 320 g/mol. The molecule has 0 aliphatic carbocycles. The molecule has 0 fully saturated rings. The van der Waals surface area contributed by atoms with Gasteiger partial charge in [-0.3, -0.25) is 4.21 Å². The van der Waals surface area contributed by atoms with Crippen molar-refractivity contribution in [1.29, 1.82) is 0 Å². The number of rotatable bonds is 6. The normalized spacial score (nSPS) is 12.4. The average molecular weight is 321 g/mol. The number of ether oxygens (including phenoxy) is 1. The van der Waals surface area contributed by atoms with Gasteiger partial charge in [0, 0.05) is 16.0 Å². The molecule has 6 heteroatoms. The van der Waals surface area contributed by atoms with E-state index in [1.807, 2.05) is 6.92 Å². The maximum Gasteiger partial charge on any atom is 0.336 e. The first-order chi connectivity index (χ1) is 8.06. The second-order valence-electron chi connectivity index (χ2n) is 3.19. The van der Waals surface area contributed by atoms with Crippen molar-refractivity contribution in [2.45, 2.75) is 11.8 Å². The fourth-order valence-electron chi connectivity index (χ4n) is 1.21. The number of hydrogen-bond donors (Lipinski definition) is 1. The smallest absolute Gasteiger partial charge is 0.336 e. The highest BCUT2D eigenvalue weighted by molar-refractivity contribution is 9.10. The molecule has 0 radical (unpaired) electrons. The highest BCUT2D eigenvalue weighted by Gasteiger charge is 2.12. The number of aromatic carboxylic acids is 1. The molecule has 0 aliphatic heterocycles. The SMILES string of the molecule is CCOCCS(=O)c1ccc(Br)c(C(=O)O)c1. The summed E-state index contributed by atoms with van der Waals surface area (Å²) in [6.07, 6.45) is 0. The Kier molecular flexibility index (Phi) is 5.80. The Balaban J connectivity index is 2.81. The van der Waals surface area contributed by atoms with E-state index < -0.39 is 16.8 Å². The van der Waals surface area contributed by atoms with E-state index in [4.69, 9.17) is 9.84 Å². The summed E-state index contributed by atoms with van der Waals surface area (Å²) in [7, 11) is -1.23. The van der Waals surface area contributed by atoms with Crippen molar-refractivity contribution < 1.29 is 18.8 Å². The van der Waals surface area contributed by atoms with Gasteiger partial charge in [0.25, 0.3) is 0 Å². The third kappa shape index (κ3) is 4.22. The summed E-state index contributed by atoms with van der Waals surface area (Å²) < 4.78 is 17.4. The van der Waals surface area contributed by atoms with Gasteiger partial charge in [-0.2, -0.15) is 0 Å². The number of hydrogen-bond acceptors (Lipinski definition) is 3. The molecule has 0 aromatic heterocycles. The van der Waals surface area contributed by atoms with E-state index in [0.717, 1.165) is 0 Å². The fraction of sp³-hybridized carbons (Fsp3) is 0.364. The van der Waals surface area contributed by atoms with Crippen LogP contribution in [0.15, 0.2) is 27.6 Å². The van der Waals surface area contributed by atoms with Gasteiger partial charge in [0.15, 0.2) is 0 Å². The minimum atomic E-state index is -1.23. The van der Waals surface area contributed by atoms with E-state index in [-0.39, 0.29) is 5.56 Å². The van der Waals surface area contributed by atoms with E-state index in [9.17, 15) is 9.00 Å². The maximum absolute atomic E-state index is 11.8. The van der Waals surface area contributed by atoms with Crippen molar-refractivity contribution in [2.75, 3.05) is 19.0 Å². The Hall–Kier alpha value is -0.720. The largest absolute Gasteiger partial charge is 0.478 e. The minimum Gasteiger partial charge on any atom is -0.478 e.